The van der Waals surface area contributed by atoms with E-state index in [1.54, 1.807) is 24.5 Å². The molecule has 6 nitrogen and oxygen atoms in total. The number of benzene rings is 2. The van der Waals surface area contributed by atoms with Crippen molar-refractivity contribution in [1.29, 1.82) is 0 Å². The number of hydrogen-bond acceptors (Lipinski definition) is 4. The van der Waals surface area contributed by atoms with Crippen LogP contribution in [-0.2, 0) is 14.8 Å². The molecule has 2 aromatic carbocycles. The van der Waals surface area contributed by atoms with Crippen LogP contribution < -0.4 is 4.31 Å². The zero-order valence-electron chi connectivity index (χ0n) is 19.2. The van der Waals surface area contributed by atoms with Crippen LogP contribution in [0.1, 0.15) is 11.3 Å². The maximum Gasteiger partial charge on any atom is 0.267 e. The molecule has 0 aliphatic heterocycles. The highest BCUT2D eigenvalue weighted by atomic mass is 127. The Hall–Kier alpha value is -1.69. The van der Waals surface area contributed by atoms with Gasteiger partial charge in [0.2, 0.25) is 0 Å². The molecule has 1 aromatic heterocycles. The van der Waals surface area contributed by atoms with Gasteiger partial charge in [-0.25, -0.2) is 17.7 Å². The van der Waals surface area contributed by atoms with E-state index in [0.29, 0.717) is 15.9 Å². The Morgan fingerprint density at radius 2 is 1.84 bits per heavy atom. The van der Waals surface area contributed by atoms with E-state index < -0.39 is 18.1 Å². The molecule has 0 saturated carbocycles. The van der Waals surface area contributed by atoms with Gasteiger partial charge >= 0.3 is 0 Å². The molecule has 0 unspecified atom stereocenters. The maximum atomic E-state index is 13.6. The van der Waals surface area contributed by atoms with Gasteiger partial charge in [0, 0.05) is 30.1 Å². The molecule has 0 atom stereocenters. The average molecular weight is 584 g/mol. The van der Waals surface area contributed by atoms with Gasteiger partial charge in [0.1, 0.15) is 11.6 Å². The van der Waals surface area contributed by atoms with E-state index in [0.717, 1.165) is 23.0 Å². The van der Waals surface area contributed by atoms with Crippen LogP contribution in [0.2, 0.25) is 25.7 Å². The van der Waals surface area contributed by atoms with Crippen LogP contribution in [0, 0.1) is 17.4 Å². The Bertz CT molecular complexity index is 1190. The van der Waals surface area contributed by atoms with Crippen molar-refractivity contribution in [2.75, 3.05) is 17.6 Å². The first kappa shape index (κ1) is 24.9. The van der Waals surface area contributed by atoms with E-state index >= 15 is 0 Å². The van der Waals surface area contributed by atoms with E-state index in [1.165, 1.54) is 4.31 Å². The summed E-state index contributed by atoms with van der Waals surface area (Å²) in [6, 6.07) is 13.6. The third-order valence-corrected chi connectivity index (χ3v) is 9.89. The molecule has 0 N–H and O–H groups in total. The van der Waals surface area contributed by atoms with Crippen LogP contribution in [0.5, 0.6) is 0 Å². The normalized spacial score (nSPS) is 12.2. The van der Waals surface area contributed by atoms with Gasteiger partial charge in [-0.15, -0.1) is 0 Å². The number of aryl methyl sites for hydroxylation is 2. The average Bonchev–Trinajstić information content (AvgIpc) is 3.13. The number of halogens is 1. The second-order valence-corrected chi connectivity index (χ2v) is 17.6. The van der Waals surface area contributed by atoms with Crippen molar-refractivity contribution in [1.82, 2.24) is 9.55 Å². The van der Waals surface area contributed by atoms with Crippen molar-refractivity contribution >= 4 is 46.4 Å². The van der Waals surface area contributed by atoms with Gasteiger partial charge in [0.25, 0.3) is 10.0 Å². The number of hydrogen-bond donors (Lipinski definition) is 0. The Balaban J connectivity index is 1.97. The van der Waals surface area contributed by atoms with Crippen LogP contribution in [0.25, 0.3) is 5.69 Å². The minimum atomic E-state index is -3.80. The van der Waals surface area contributed by atoms with Gasteiger partial charge in [0.15, 0.2) is 0 Å². The highest BCUT2D eigenvalue weighted by molar-refractivity contribution is 14.1. The Morgan fingerprint density at radius 3 is 2.44 bits per heavy atom. The fourth-order valence-electron chi connectivity index (χ4n) is 3.22. The summed E-state index contributed by atoms with van der Waals surface area (Å²) in [5, 5.41) is 0. The van der Waals surface area contributed by atoms with Crippen LogP contribution in [0.4, 0.5) is 5.69 Å². The summed E-state index contributed by atoms with van der Waals surface area (Å²) >= 11 is 2.06. The summed E-state index contributed by atoms with van der Waals surface area (Å²) in [5.41, 5.74) is 3.41. The van der Waals surface area contributed by atoms with Crippen molar-refractivity contribution in [3.05, 3.63) is 69.8 Å². The molecule has 1 heterocycles. The Morgan fingerprint density at radius 1 is 1.12 bits per heavy atom. The number of aromatic nitrogens is 2. The van der Waals surface area contributed by atoms with E-state index in [-0.39, 0.29) is 11.6 Å². The molecule has 0 radical (unpaired) electrons. The van der Waals surface area contributed by atoms with Gasteiger partial charge in [0.05, 0.1) is 17.7 Å². The van der Waals surface area contributed by atoms with E-state index in [9.17, 15) is 8.42 Å². The van der Waals surface area contributed by atoms with Gasteiger partial charge in [-0.3, -0.25) is 0 Å². The van der Waals surface area contributed by atoms with Gasteiger partial charge in [-0.1, -0.05) is 31.8 Å². The molecule has 0 spiro atoms. The quantitative estimate of drug-likeness (QED) is 0.142. The molecule has 3 aromatic rings. The molecule has 0 bridgehead atoms. The Labute approximate surface area is 205 Å². The van der Waals surface area contributed by atoms with Gasteiger partial charge in [-0.05, 0) is 78.4 Å². The van der Waals surface area contributed by atoms with Crippen molar-refractivity contribution in [3.63, 3.8) is 0 Å². The first-order valence-electron chi connectivity index (χ1n) is 10.5. The smallest absolute Gasteiger partial charge is 0.267 e. The number of nitrogens with zero attached hydrogens (tertiary/aromatic N) is 3. The molecule has 9 heteroatoms. The molecular weight excluding hydrogens is 553 g/mol. The third-order valence-electron chi connectivity index (χ3n) is 5.07. The standard InChI is InChI=1S/C23H30IN3O3SSi/c1-18-14-20(10-11-22(18)26-15-19(2)25-16-26)27(17-30-12-13-32(3,4)5)31(28,29)23-9-7-6-8-21(23)24/h6-11,14-16H,12-13,17H2,1-5H3. The molecule has 0 aliphatic carbocycles. The van der Waals surface area contributed by atoms with Gasteiger partial charge in [-0.2, -0.15) is 0 Å². The molecule has 0 saturated heterocycles. The lowest BCUT2D eigenvalue weighted by Gasteiger charge is -2.26. The number of imidazole rings is 1. The van der Waals surface area contributed by atoms with Crippen LogP contribution in [-0.4, -0.2) is 39.4 Å². The summed E-state index contributed by atoms with van der Waals surface area (Å²) in [7, 11) is -5.08. The fraction of sp³-hybridized carbons (Fsp3) is 0.348. The summed E-state index contributed by atoms with van der Waals surface area (Å²) in [6.07, 6.45) is 3.71. The second-order valence-electron chi connectivity index (χ2n) is 9.03. The molecule has 32 heavy (non-hydrogen) atoms. The van der Waals surface area contributed by atoms with E-state index in [4.69, 9.17) is 4.74 Å². The van der Waals surface area contributed by atoms with Crippen molar-refractivity contribution in [3.8, 4) is 5.69 Å². The van der Waals surface area contributed by atoms with E-state index in [1.807, 2.05) is 48.9 Å². The van der Waals surface area contributed by atoms with Gasteiger partial charge < -0.3 is 9.30 Å². The minimum Gasteiger partial charge on any atom is -0.360 e. The zero-order valence-corrected chi connectivity index (χ0v) is 23.1. The Kier molecular flexibility index (Phi) is 7.84. The summed E-state index contributed by atoms with van der Waals surface area (Å²) in [4.78, 5) is 4.57. The summed E-state index contributed by atoms with van der Waals surface area (Å²) < 4.78 is 37.2. The summed E-state index contributed by atoms with van der Waals surface area (Å²) in [6.45, 7) is 11.2. The molecule has 0 aliphatic rings. The van der Waals surface area contributed by atoms with Crippen LogP contribution >= 0.6 is 22.6 Å². The lowest BCUT2D eigenvalue weighted by atomic mass is 10.1. The molecule has 3 rings (SSSR count). The van der Waals surface area contributed by atoms with Crippen LogP contribution in [0.15, 0.2) is 59.9 Å². The van der Waals surface area contributed by atoms with E-state index in [2.05, 4.69) is 47.2 Å². The number of ether oxygens (including phenoxy) is 1. The first-order chi connectivity index (χ1) is 15.0. The van der Waals surface area contributed by atoms with Crippen molar-refractivity contribution < 1.29 is 13.2 Å². The predicted octanol–water partition coefficient (Wildman–Crippen LogP) is 5.60. The zero-order chi connectivity index (χ0) is 23.5. The number of rotatable bonds is 9. The largest absolute Gasteiger partial charge is 0.360 e. The second kappa shape index (κ2) is 10.1. The third kappa shape index (κ3) is 6.00. The monoisotopic (exact) mass is 583 g/mol. The predicted molar refractivity (Wildman–Crippen MR) is 141 cm³/mol. The summed E-state index contributed by atoms with van der Waals surface area (Å²) in [5.74, 6) is 0. The number of anilines is 1. The molecule has 0 fully saturated rings. The first-order valence-corrected chi connectivity index (χ1v) is 16.7. The van der Waals surface area contributed by atoms with Crippen molar-refractivity contribution in [2.24, 2.45) is 0 Å². The fourth-order valence-corrected chi connectivity index (χ4v) is 6.60. The lowest BCUT2D eigenvalue weighted by Crippen LogP contribution is -2.34. The lowest BCUT2D eigenvalue weighted by molar-refractivity contribution is 0.156. The van der Waals surface area contributed by atoms with Crippen LogP contribution in [0.3, 0.4) is 0 Å². The number of sulfonamides is 1. The SMILES string of the molecule is Cc1cn(-c2ccc(N(COCC[Si](C)(C)C)S(=O)(=O)c3ccccc3I)cc2C)cn1. The molecule has 172 valence electrons. The topological polar surface area (TPSA) is 64.4 Å². The van der Waals surface area contributed by atoms with Crippen molar-refractivity contribution in [2.45, 2.75) is 44.4 Å². The molecule has 0 amide bonds. The highest BCUT2D eigenvalue weighted by Gasteiger charge is 2.28. The highest BCUT2D eigenvalue weighted by Crippen LogP contribution is 2.29. The molecular formula is C23H30IN3O3SSi. The maximum absolute atomic E-state index is 13.6. The minimum absolute atomic E-state index is 0.0270.